The number of aliphatic hydroxyl groups excluding tert-OH is 1. The fraction of sp³-hybridized carbons (Fsp3) is 0.462. The standard InChI is InChI=1S/C26H33NO5/c1-31-24-13-8-20(9-14-24)7-10-23(17-27(29)30)26(18-28)22-11-15-25(16-12-22)32-19-21-5-3-2-4-6-21/h2-10,13-14,22-23,25-26,28H,11-12,15-19H2,1H3/b10-7+/t22?,23-,25?,26+/m0/s1/i28+0. The smallest absolute Gasteiger partial charge is 0.210 e. The normalized spacial score (nSPS) is 20.7. The van der Waals surface area contributed by atoms with E-state index in [2.05, 4.69) is 12.1 Å². The first-order valence-corrected chi connectivity index (χ1v) is 11.3. The van der Waals surface area contributed by atoms with Gasteiger partial charge in [0.05, 0.1) is 19.8 Å². The number of hydrogen-bond donors (Lipinski definition) is 1. The lowest BCUT2D eigenvalue weighted by Crippen LogP contribution is -2.34. The van der Waals surface area contributed by atoms with Crippen LogP contribution < -0.4 is 4.74 Å². The van der Waals surface area contributed by atoms with E-state index in [9.17, 15) is 15.2 Å². The minimum atomic E-state index is -0.316. The molecule has 2 aromatic carbocycles. The van der Waals surface area contributed by atoms with Crippen molar-refractivity contribution in [3.05, 3.63) is 81.9 Å². The largest absolute Gasteiger partial charge is 0.497 e. The molecule has 2 atom stereocenters. The third-order valence-electron chi connectivity index (χ3n) is 6.43. The maximum atomic E-state index is 11.3. The number of ether oxygens (including phenoxy) is 2. The molecule has 0 spiro atoms. The van der Waals surface area contributed by atoms with Gasteiger partial charge in [0.2, 0.25) is 6.54 Å². The molecule has 6 heteroatoms. The van der Waals surface area contributed by atoms with Crippen LogP contribution in [0.15, 0.2) is 60.7 Å². The van der Waals surface area contributed by atoms with Gasteiger partial charge in [0.1, 0.15) is 5.75 Å². The number of aliphatic hydroxyl groups is 1. The monoisotopic (exact) mass is 439 g/mol. The summed E-state index contributed by atoms with van der Waals surface area (Å²) in [6, 6.07) is 17.7. The Labute approximate surface area is 190 Å². The van der Waals surface area contributed by atoms with Crippen LogP contribution in [0, 0.1) is 27.9 Å². The van der Waals surface area contributed by atoms with Gasteiger partial charge in [-0.05, 0) is 60.8 Å². The second-order valence-electron chi connectivity index (χ2n) is 8.49. The highest BCUT2D eigenvalue weighted by atomic mass is 16.6. The Balaban J connectivity index is 1.58. The molecule has 1 fully saturated rings. The van der Waals surface area contributed by atoms with Gasteiger partial charge in [-0.15, -0.1) is 0 Å². The summed E-state index contributed by atoms with van der Waals surface area (Å²) in [5.41, 5.74) is 2.12. The van der Waals surface area contributed by atoms with Crippen molar-refractivity contribution in [2.45, 2.75) is 38.4 Å². The molecule has 0 amide bonds. The topological polar surface area (TPSA) is 81.8 Å². The number of benzene rings is 2. The van der Waals surface area contributed by atoms with Crippen LogP contribution in [0.2, 0.25) is 0 Å². The van der Waals surface area contributed by atoms with Gasteiger partial charge < -0.3 is 14.6 Å². The van der Waals surface area contributed by atoms with E-state index in [1.165, 1.54) is 0 Å². The van der Waals surface area contributed by atoms with Crippen LogP contribution in [0.1, 0.15) is 36.8 Å². The van der Waals surface area contributed by atoms with Crippen molar-refractivity contribution in [3.8, 4) is 5.75 Å². The van der Waals surface area contributed by atoms with Crippen LogP contribution in [0.5, 0.6) is 5.75 Å². The lowest BCUT2D eigenvalue weighted by molar-refractivity contribution is -0.488. The number of rotatable bonds is 11. The molecule has 1 N–H and O–H groups in total. The van der Waals surface area contributed by atoms with Crippen LogP contribution >= 0.6 is 0 Å². The Kier molecular flexibility index (Phi) is 9.26. The zero-order chi connectivity index (χ0) is 22.8. The summed E-state index contributed by atoms with van der Waals surface area (Å²) in [5.74, 6) is 0.569. The van der Waals surface area contributed by atoms with Gasteiger partial charge in [0, 0.05) is 17.4 Å². The first-order chi connectivity index (χ1) is 15.6. The molecule has 0 radical (unpaired) electrons. The Hall–Kier alpha value is -2.70. The first-order valence-electron chi connectivity index (χ1n) is 11.3. The van der Waals surface area contributed by atoms with Gasteiger partial charge in [-0.2, -0.15) is 0 Å². The van der Waals surface area contributed by atoms with Crippen LogP contribution in [0.25, 0.3) is 6.08 Å². The minimum absolute atomic E-state index is 0.0499. The van der Waals surface area contributed by atoms with E-state index in [0.29, 0.717) is 6.61 Å². The van der Waals surface area contributed by atoms with Crippen molar-refractivity contribution in [2.75, 3.05) is 20.3 Å². The number of hydrogen-bond acceptors (Lipinski definition) is 5. The summed E-state index contributed by atoms with van der Waals surface area (Å²) in [4.78, 5) is 11.1. The van der Waals surface area contributed by atoms with Gasteiger partial charge in [0.15, 0.2) is 0 Å². The molecule has 172 valence electrons. The third kappa shape index (κ3) is 7.18. The van der Waals surface area contributed by atoms with Crippen molar-refractivity contribution >= 4 is 6.08 Å². The average molecular weight is 440 g/mol. The predicted octanol–water partition coefficient (Wildman–Crippen LogP) is 4.99. The lowest BCUT2D eigenvalue weighted by atomic mass is 9.73. The Morgan fingerprint density at radius 2 is 1.78 bits per heavy atom. The first kappa shape index (κ1) is 24.0. The van der Waals surface area contributed by atoms with E-state index >= 15 is 0 Å². The summed E-state index contributed by atoms with van der Waals surface area (Å²) in [6.07, 6.45) is 7.66. The molecule has 0 unspecified atom stereocenters. The molecule has 3 rings (SSSR count). The third-order valence-corrected chi connectivity index (χ3v) is 6.43. The lowest BCUT2D eigenvalue weighted by Gasteiger charge is -2.35. The van der Waals surface area contributed by atoms with E-state index in [1.807, 2.05) is 54.6 Å². The number of nitro groups is 1. The zero-order valence-corrected chi connectivity index (χ0v) is 18.6. The van der Waals surface area contributed by atoms with E-state index in [4.69, 9.17) is 9.47 Å². The van der Waals surface area contributed by atoms with E-state index in [0.717, 1.165) is 42.6 Å². The van der Waals surface area contributed by atoms with Gasteiger partial charge in [-0.3, -0.25) is 10.1 Å². The van der Waals surface area contributed by atoms with Crippen molar-refractivity contribution in [1.29, 1.82) is 0 Å². The molecule has 0 heterocycles. The van der Waals surface area contributed by atoms with Gasteiger partial charge in [-0.1, -0.05) is 54.6 Å². The zero-order valence-electron chi connectivity index (χ0n) is 18.6. The molecule has 6 nitrogen and oxygen atoms in total. The number of methoxy groups -OCH3 is 1. The second kappa shape index (κ2) is 12.4. The molecule has 0 bridgehead atoms. The summed E-state index contributed by atoms with van der Waals surface area (Å²) < 4.78 is 11.3. The van der Waals surface area contributed by atoms with Gasteiger partial charge >= 0.3 is 0 Å². The molecule has 1 aliphatic rings. The Bertz CT molecular complexity index is 844. The predicted molar refractivity (Wildman–Crippen MR) is 125 cm³/mol. The quantitative estimate of drug-likeness (QED) is 0.394. The minimum Gasteiger partial charge on any atom is -0.497 e. The van der Waals surface area contributed by atoms with Crippen LogP contribution in [-0.2, 0) is 11.3 Å². The van der Waals surface area contributed by atoms with Crippen molar-refractivity contribution in [2.24, 2.45) is 17.8 Å². The maximum Gasteiger partial charge on any atom is 0.210 e. The molecular weight excluding hydrogens is 406 g/mol. The Morgan fingerprint density at radius 1 is 1.09 bits per heavy atom. The van der Waals surface area contributed by atoms with E-state index in [1.54, 1.807) is 7.11 Å². The van der Waals surface area contributed by atoms with Crippen molar-refractivity contribution < 1.29 is 19.5 Å². The van der Waals surface area contributed by atoms with Crippen molar-refractivity contribution in [3.63, 3.8) is 0 Å². The highest BCUT2D eigenvalue weighted by molar-refractivity contribution is 5.50. The SMILES string of the molecule is COc1ccc(/C=C/[C@@H](C[N+](=O)[O-])[C@H](C[16OH])C2CCC(OCc3ccccc3)CC2)cc1. The van der Waals surface area contributed by atoms with E-state index < -0.39 is 0 Å². The molecule has 0 aliphatic heterocycles. The second-order valence-corrected chi connectivity index (χ2v) is 8.49. The van der Waals surface area contributed by atoms with Crippen LogP contribution in [0.4, 0.5) is 0 Å². The Morgan fingerprint density at radius 3 is 2.38 bits per heavy atom. The summed E-state index contributed by atoms with van der Waals surface area (Å²) in [7, 11) is 1.62. The highest BCUT2D eigenvalue weighted by Crippen LogP contribution is 2.36. The van der Waals surface area contributed by atoms with E-state index in [-0.39, 0.29) is 41.9 Å². The molecule has 2 aromatic rings. The fourth-order valence-electron chi connectivity index (χ4n) is 4.57. The summed E-state index contributed by atoms with van der Waals surface area (Å²) in [6.45, 7) is 0.377. The fourth-order valence-corrected chi connectivity index (χ4v) is 4.57. The molecule has 1 saturated carbocycles. The molecule has 1 aliphatic carbocycles. The summed E-state index contributed by atoms with van der Waals surface area (Å²) in [5, 5.41) is 21.5. The maximum absolute atomic E-state index is 11.3. The van der Waals surface area contributed by atoms with Gasteiger partial charge in [-0.25, -0.2) is 0 Å². The van der Waals surface area contributed by atoms with Crippen LogP contribution in [0.3, 0.4) is 0 Å². The summed E-state index contributed by atoms with van der Waals surface area (Å²) >= 11 is 0. The van der Waals surface area contributed by atoms with Crippen LogP contribution in [-0.4, -0.2) is 36.4 Å². The molecule has 32 heavy (non-hydrogen) atoms. The highest BCUT2D eigenvalue weighted by Gasteiger charge is 2.33. The average Bonchev–Trinajstić information content (AvgIpc) is 2.83. The number of nitrogens with zero attached hydrogens (tertiary/aromatic N) is 1. The molecule has 0 aromatic heterocycles. The molecule has 0 saturated heterocycles. The molecular formula is C26H33NO5. The van der Waals surface area contributed by atoms with Crippen molar-refractivity contribution in [1.82, 2.24) is 0 Å². The van der Waals surface area contributed by atoms with Gasteiger partial charge in [0.25, 0.3) is 0 Å².